The molecule has 0 aliphatic carbocycles. The van der Waals surface area contributed by atoms with Gasteiger partial charge in [0.25, 0.3) is 0 Å². The number of ether oxygens (including phenoxy) is 2. The zero-order valence-electron chi connectivity index (χ0n) is 30.2. The Kier molecular flexibility index (Phi) is 15.5. The highest BCUT2D eigenvalue weighted by molar-refractivity contribution is 7.57. The highest BCUT2D eigenvalue weighted by Gasteiger charge is 2.32. The van der Waals surface area contributed by atoms with Gasteiger partial charge in [0.05, 0.1) is 37.0 Å². The molecule has 3 aromatic rings. The van der Waals surface area contributed by atoms with Crippen molar-refractivity contribution >= 4 is 25.5 Å². The van der Waals surface area contributed by atoms with Crippen molar-refractivity contribution in [2.75, 3.05) is 6.35 Å². The standard InChI is InChI=1S/C38H50FN2O9P/c1-23(2)36-32(18-17-29(42)19-30(43)20-34(44)45)35(27-13-15-28(39)16-14-27)33(37(40-36)24(3)4)21-48-22-51(47,50-31-11-9-8-10-12-31)41-26(7)38(46)49-25(5)6/h8-18,23-26,29-30,42-43H,19-22H2,1-7H3,(H,41,47)(H,44,45)/b18-17+/t26-,29+,30+,51?/m0/s1. The van der Waals surface area contributed by atoms with Gasteiger partial charge in [0.1, 0.15) is 24.0 Å². The number of aliphatic hydroxyl groups is 2. The number of esters is 1. The van der Waals surface area contributed by atoms with Crippen molar-refractivity contribution in [1.82, 2.24) is 10.1 Å². The van der Waals surface area contributed by atoms with Crippen LogP contribution in [-0.4, -0.2) is 62.9 Å². The molecule has 3 rings (SSSR count). The van der Waals surface area contributed by atoms with E-state index in [2.05, 4.69) is 5.09 Å². The summed E-state index contributed by atoms with van der Waals surface area (Å²) < 4.78 is 45.9. The number of aliphatic hydroxyl groups excluding tert-OH is 2. The summed E-state index contributed by atoms with van der Waals surface area (Å²) in [7, 11) is -3.91. The van der Waals surface area contributed by atoms with E-state index in [1.807, 2.05) is 27.7 Å². The van der Waals surface area contributed by atoms with E-state index in [0.717, 1.165) is 0 Å². The van der Waals surface area contributed by atoms with Crippen LogP contribution in [-0.2, 0) is 30.2 Å². The van der Waals surface area contributed by atoms with Gasteiger partial charge in [-0.15, -0.1) is 0 Å². The van der Waals surface area contributed by atoms with Gasteiger partial charge in [0.15, 0.2) is 0 Å². The van der Waals surface area contributed by atoms with Crippen molar-refractivity contribution in [2.24, 2.45) is 0 Å². The fraction of sp³-hybridized carbons (Fsp3) is 0.447. The zero-order chi connectivity index (χ0) is 37.9. The highest BCUT2D eigenvalue weighted by atomic mass is 31.2. The Hall–Kier alpha value is -3.93. The van der Waals surface area contributed by atoms with Gasteiger partial charge in [-0.25, -0.2) is 9.48 Å². The van der Waals surface area contributed by atoms with Gasteiger partial charge in [-0.2, -0.15) is 0 Å². The molecule has 0 saturated heterocycles. The molecule has 0 radical (unpaired) electrons. The number of aliphatic carboxylic acids is 1. The fourth-order valence-electron chi connectivity index (χ4n) is 5.40. The van der Waals surface area contributed by atoms with Crippen LogP contribution in [0.15, 0.2) is 60.7 Å². The van der Waals surface area contributed by atoms with E-state index in [1.165, 1.54) is 25.1 Å². The molecule has 0 spiro atoms. The minimum atomic E-state index is -3.91. The fourth-order valence-corrected chi connectivity index (χ4v) is 7.07. The Morgan fingerprint density at radius 3 is 2.14 bits per heavy atom. The summed E-state index contributed by atoms with van der Waals surface area (Å²) in [5.41, 5.74) is 3.89. The molecule has 0 fully saturated rings. The molecular weight excluding hydrogens is 678 g/mol. The third kappa shape index (κ3) is 12.7. The van der Waals surface area contributed by atoms with Crippen LogP contribution < -0.4 is 9.61 Å². The first kappa shape index (κ1) is 41.5. The first-order valence-electron chi connectivity index (χ1n) is 17.0. The minimum Gasteiger partial charge on any atom is -0.481 e. The number of carboxylic acids is 1. The normalized spacial score (nSPS) is 14.8. The third-order valence-electron chi connectivity index (χ3n) is 7.63. The topological polar surface area (TPSA) is 165 Å². The van der Waals surface area contributed by atoms with Crippen molar-refractivity contribution in [3.05, 3.63) is 89.0 Å². The number of halogens is 1. The summed E-state index contributed by atoms with van der Waals surface area (Å²) in [6.45, 7) is 12.7. The van der Waals surface area contributed by atoms with E-state index >= 15 is 0 Å². The van der Waals surface area contributed by atoms with Gasteiger partial charge < -0.3 is 29.3 Å². The number of pyridine rings is 1. The number of hydrogen-bond donors (Lipinski definition) is 4. The van der Waals surface area contributed by atoms with E-state index in [-0.39, 0.29) is 31.0 Å². The van der Waals surface area contributed by atoms with Crippen molar-refractivity contribution in [2.45, 2.75) is 104 Å². The molecule has 0 saturated carbocycles. The minimum absolute atomic E-state index is 0.0955. The van der Waals surface area contributed by atoms with Crippen molar-refractivity contribution in [3.8, 4) is 16.9 Å². The molecule has 13 heteroatoms. The molecule has 0 bridgehead atoms. The predicted molar refractivity (Wildman–Crippen MR) is 194 cm³/mol. The molecule has 4 atom stereocenters. The Bertz CT molecular complexity index is 1680. The maximum atomic E-state index is 14.3. The quantitative estimate of drug-likeness (QED) is 0.0718. The third-order valence-corrected chi connectivity index (χ3v) is 9.44. The Balaban J connectivity index is 2.11. The van der Waals surface area contributed by atoms with E-state index < -0.39 is 56.3 Å². The summed E-state index contributed by atoms with van der Waals surface area (Å²) in [5, 5.41) is 32.7. The number of carbonyl (C=O) groups excluding carboxylic acids is 1. The lowest BCUT2D eigenvalue weighted by atomic mass is 9.87. The molecule has 0 aliphatic heterocycles. The van der Waals surface area contributed by atoms with Crippen molar-refractivity contribution < 1.29 is 47.9 Å². The summed E-state index contributed by atoms with van der Waals surface area (Å²) in [5.74, 6) is -2.12. The number of benzene rings is 2. The van der Waals surface area contributed by atoms with E-state index in [0.29, 0.717) is 39.4 Å². The molecule has 1 unspecified atom stereocenters. The second-order valence-corrected chi connectivity index (χ2v) is 15.3. The van der Waals surface area contributed by atoms with Gasteiger partial charge in [0.2, 0.25) is 0 Å². The van der Waals surface area contributed by atoms with Crippen LogP contribution in [0.3, 0.4) is 0 Å². The first-order valence-corrected chi connectivity index (χ1v) is 18.8. The average Bonchev–Trinajstić information content (AvgIpc) is 3.03. The van der Waals surface area contributed by atoms with Crippen LogP contribution in [0, 0.1) is 5.82 Å². The van der Waals surface area contributed by atoms with Gasteiger partial charge in [-0.1, -0.05) is 70.2 Å². The van der Waals surface area contributed by atoms with Crippen LogP contribution in [0.5, 0.6) is 5.75 Å². The maximum absolute atomic E-state index is 14.3. The number of carboxylic acid groups (broad SMARTS) is 1. The van der Waals surface area contributed by atoms with Gasteiger partial charge in [-0.05, 0) is 68.0 Å². The van der Waals surface area contributed by atoms with Gasteiger partial charge >= 0.3 is 19.5 Å². The highest BCUT2D eigenvalue weighted by Crippen LogP contribution is 2.45. The monoisotopic (exact) mass is 728 g/mol. The number of para-hydroxylation sites is 1. The molecule has 11 nitrogen and oxygen atoms in total. The lowest BCUT2D eigenvalue weighted by Gasteiger charge is -2.26. The van der Waals surface area contributed by atoms with E-state index in [9.17, 15) is 28.8 Å². The lowest BCUT2D eigenvalue weighted by molar-refractivity contribution is -0.149. The van der Waals surface area contributed by atoms with Crippen LogP contribution in [0.25, 0.3) is 17.2 Å². The first-order chi connectivity index (χ1) is 24.0. The summed E-state index contributed by atoms with van der Waals surface area (Å²) >= 11 is 0. The van der Waals surface area contributed by atoms with Crippen LogP contribution in [0.4, 0.5) is 4.39 Å². The number of hydrogen-bond acceptors (Lipinski definition) is 9. The average molecular weight is 729 g/mol. The molecular formula is C38H50FN2O9P. The van der Waals surface area contributed by atoms with Gasteiger partial charge in [0, 0.05) is 23.2 Å². The van der Waals surface area contributed by atoms with Crippen LogP contribution in [0.2, 0.25) is 0 Å². The molecule has 1 aromatic heterocycles. The van der Waals surface area contributed by atoms with Crippen LogP contribution >= 0.6 is 7.52 Å². The SMILES string of the molecule is CC(C)OC(=O)[C@H](C)NP(=O)(COCc1c(C(C)C)nc(C(C)C)c(/C=C/[C@@H](O)C[C@@H](O)CC(=O)O)c1-c1ccc(F)cc1)Oc1ccccc1. The van der Waals surface area contributed by atoms with Crippen molar-refractivity contribution in [1.29, 1.82) is 0 Å². The van der Waals surface area contributed by atoms with Crippen LogP contribution in [0.1, 0.15) is 95.7 Å². The summed E-state index contributed by atoms with van der Waals surface area (Å²) in [6.07, 6.45) is -0.853. The number of nitrogens with zero attached hydrogens (tertiary/aromatic N) is 1. The maximum Gasteiger partial charge on any atom is 0.342 e. The molecule has 0 amide bonds. The second-order valence-electron chi connectivity index (χ2n) is 13.3. The number of aromatic nitrogens is 1. The lowest BCUT2D eigenvalue weighted by Crippen LogP contribution is -2.36. The summed E-state index contributed by atoms with van der Waals surface area (Å²) in [4.78, 5) is 28.8. The Labute approximate surface area is 299 Å². The van der Waals surface area contributed by atoms with Crippen molar-refractivity contribution in [3.63, 3.8) is 0 Å². The second kappa shape index (κ2) is 19.1. The molecule has 0 aliphatic rings. The Morgan fingerprint density at radius 2 is 1.57 bits per heavy atom. The predicted octanol–water partition coefficient (Wildman–Crippen LogP) is 7.41. The zero-order valence-corrected chi connectivity index (χ0v) is 31.1. The largest absolute Gasteiger partial charge is 0.481 e. The molecule has 278 valence electrons. The smallest absolute Gasteiger partial charge is 0.342 e. The molecule has 4 N–H and O–H groups in total. The van der Waals surface area contributed by atoms with E-state index in [1.54, 1.807) is 62.4 Å². The molecule has 1 heterocycles. The summed E-state index contributed by atoms with van der Waals surface area (Å²) in [6, 6.07) is 13.4. The number of rotatable bonds is 19. The number of carbonyl (C=O) groups is 2. The molecule has 51 heavy (non-hydrogen) atoms. The van der Waals surface area contributed by atoms with E-state index in [4.69, 9.17) is 24.1 Å². The molecule has 2 aromatic carbocycles. The van der Waals surface area contributed by atoms with Gasteiger partial charge in [-0.3, -0.25) is 19.1 Å². The Morgan fingerprint density at radius 1 is 0.941 bits per heavy atom. The number of nitrogens with one attached hydrogen (secondary N) is 1.